The smallest absolute Gasteiger partial charge is 0.154 e. The molecule has 0 amide bonds. The molecule has 0 saturated heterocycles. The fourth-order valence-corrected chi connectivity index (χ4v) is 2.20. The van der Waals surface area contributed by atoms with Gasteiger partial charge in [0.25, 0.3) is 0 Å². The summed E-state index contributed by atoms with van der Waals surface area (Å²) in [5, 5.41) is 9.79. The van der Waals surface area contributed by atoms with Crippen LogP contribution in [0.1, 0.15) is 5.56 Å². The third-order valence-electron chi connectivity index (χ3n) is 3.23. The second-order valence-corrected chi connectivity index (χ2v) is 4.85. The van der Waals surface area contributed by atoms with Crippen LogP contribution >= 0.6 is 0 Å². The Morgan fingerprint density at radius 1 is 1.05 bits per heavy atom. The fourth-order valence-electron chi connectivity index (χ4n) is 2.20. The van der Waals surface area contributed by atoms with E-state index in [1.807, 2.05) is 43.7 Å². The van der Waals surface area contributed by atoms with Crippen molar-refractivity contribution in [2.45, 2.75) is 6.92 Å². The Balaban J connectivity index is 1.82. The topological polar surface area (TPSA) is 61.4 Å². The summed E-state index contributed by atoms with van der Waals surface area (Å²) in [6, 6.07) is 5.82. The minimum atomic E-state index is 0.779. The quantitative estimate of drug-likeness (QED) is 0.563. The van der Waals surface area contributed by atoms with E-state index in [1.165, 1.54) is 0 Å². The van der Waals surface area contributed by atoms with Crippen LogP contribution < -0.4 is 0 Å². The SMILES string of the molecule is Cc1cnn(-c2cc3cn(-c4cccnc4)nc3cn2)c1. The third kappa shape index (κ3) is 2.06. The maximum absolute atomic E-state index is 4.51. The summed E-state index contributed by atoms with van der Waals surface area (Å²) in [5.41, 5.74) is 2.86. The highest BCUT2D eigenvalue weighted by molar-refractivity contribution is 5.79. The maximum Gasteiger partial charge on any atom is 0.154 e. The average Bonchev–Trinajstić information content (AvgIpc) is 3.13. The van der Waals surface area contributed by atoms with Crippen molar-refractivity contribution in [1.82, 2.24) is 29.5 Å². The molecular formula is C15H12N6. The summed E-state index contributed by atoms with van der Waals surface area (Å²) in [5.74, 6) is 0.779. The van der Waals surface area contributed by atoms with Gasteiger partial charge in [0.15, 0.2) is 5.82 Å². The lowest BCUT2D eigenvalue weighted by molar-refractivity contribution is 0.848. The Labute approximate surface area is 120 Å². The molecule has 4 rings (SSSR count). The number of rotatable bonds is 2. The van der Waals surface area contributed by atoms with Crippen LogP contribution in [0, 0.1) is 6.92 Å². The molecule has 4 aromatic heterocycles. The molecule has 0 N–H and O–H groups in total. The van der Waals surface area contributed by atoms with Crippen molar-refractivity contribution in [2.75, 3.05) is 0 Å². The van der Waals surface area contributed by atoms with E-state index in [4.69, 9.17) is 0 Å². The largest absolute Gasteiger partial charge is 0.262 e. The molecule has 0 spiro atoms. The molecule has 0 aromatic carbocycles. The van der Waals surface area contributed by atoms with Gasteiger partial charge in [-0.05, 0) is 30.7 Å². The predicted molar refractivity (Wildman–Crippen MR) is 78.5 cm³/mol. The van der Waals surface area contributed by atoms with E-state index in [0.29, 0.717) is 0 Å². The third-order valence-corrected chi connectivity index (χ3v) is 3.23. The van der Waals surface area contributed by atoms with E-state index in [9.17, 15) is 0 Å². The number of hydrogen-bond acceptors (Lipinski definition) is 4. The van der Waals surface area contributed by atoms with Crippen LogP contribution in [0.3, 0.4) is 0 Å². The van der Waals surface area contributed by atoms with Crippen LogP contribution in [0.2, 0.25) is 0 Å². The minimum Gasteiger partial charge on any atom is -0.262 e. The molecular weight excluding hydrogens is 264 g/mol. The highest BCUT2D eigenvalue weighted by atomic mass is 15.3. The van der Waals surface area contributed by atoms with Crippen LogP contribution in [0.15, 0.2) is 55.4 Å². The number of hydrogen-bond donors (Lipinski definition) is 0. The number of pyridine rings is 2. The van der Waals surface area contributed by atoms with Gasteiger partial charge in [-0.1, -0.05) is 0 Å². The van der Waals surface area contributed by atoms with Gasteiger partial charge in [0.2, 0.25) is 0 Å². The molecule has 0 aliphatic rings. The van der Waals surface area contributed by atoms with Crippen molar-refractivity contribution in [3.05, 3.63) is 60.9 Å². The van der Waals surface area contributed by atoms with Gasteiger partial charge in [-0.3, -0.25) is 4.98 Å². The Morgan fingerprint density at radius 3 is 2.76 bits per heavy atom. The summed E-state index contributed by atoms with van der Waals surface area (Å²) < 4.78 is 3.56. The van der Waals surface area contributed by atoms with E-state index >= 15 is 0 Å². The van der Waals surface area contributed by atoms with Crippen LogP contribution in [-0.4, -0.2) is 29.5 Å². The van der Waals surface area contributed by atoms with Crippen molar-refractivity contribution >= 4 is 10.9 Å². The Bertz CT molecular complexity index is 906. The highest BCUT2D eigenvalue weighted by Crippen LogP contribution is 2.17. The first kappa shape index (κ1) is 11.8. The molecule has 6 heteroatoms. The molecule has 0 aliphatic heterocycles. The number of fused-ring (bicyclic) bond motifs is 1. The van der Waals surface area contributed by atoms with Crippen molar-refractivity contribution < 1.29 is 0 Å². The van der Waals surface area contributed by atoms with Gasteiger partial charge in [-0.25, -0.2) is 14.3 Å². The number of aryl methyl sites for hydroxylation is 1. The number of nitrogens with zero attached hydrogens (tertiary/aromatic N) is 6. The van der Waals surface area contributed by atoms with E-state index in [1.54, 1.807) is 28.0 Å². The van der Waals surface area contributed by atoms with Crippen LogP contribution in [0.25, 0.3) is 22.4 Å². The van der Waals surface area contributed by atoms with Crippen LogP contribution in [0.4, 0.5) is 0 Å². The standard InChI is InChI=1S/C15H12N6/c1-11-6-18-21(9-11)15-5-12-10-20(19-14(12)8-17-15)13-3-2-4-16-7-13/h2-10H,1H3. The molecule has 0 saturated carbocycles. The Morgan fingerprint density at radius 2 is 2.00 bits per heavy atom. The summed E-state index contributed by atoms with van der Waals surface area (Å²) >= 11 is 0. The highest BCUT2D eigenvalue weighted by Gasteiger charge is 2.06. The normalized spacial score (nSPS) is 11.1. The lowest BCUT2D eigenvalue weighted by Crippen LogP contribution is -1.96. The van der Waals surface area contributed by atoms with E-state index in [-0.39, 0.29) is 0 Å². The lowest BCUT2D eigenvalue weighted by atomic mass is 10.3. The van der Waals surface area contributed by atoms with Gasteiger partial charge in [-0.2, -0.15) is 10.2 Å². The molecule has 4 aromatic rings. The van der Waals surface area contributed by atoms with Crippen molar-refractivity contribution in [2.24, 2.45) is 0 Å². The number of aromatic nitrogens is 6. The van der Waals surface area contributed by atoms with Crippen molar-refractivity contribution in [3.63, 3.8) is 0 Å². The molecule has 0 bridgehead atoms. The molecule has 0 atom stereocenters. The fraction of sp³-hybridized carbons (Fsp3) is 0.0667. The average molecular weight is 276 g/mol. The lowest BCUT2D eigenvalue weighted by Gasteiger charge is -1.98. The molecule has 6 nitrogen and oxygen atoms in total. The van der Waals surface area contributed by atoms with Gasteiger partial charge in [-0.15, -0.1) is 0 Å². The van der Waals surface area contributed by atoms with Gasteiger partial charge < -0.3 is 0 Å². The monoisotopic (exact) mass is 276 g/mol. The predicted octanol–water partition coefficient (Wildman–Crippen LogP) is 2.31. The van der Waals surface area contributed by atoms with Crippen molar-refractivity contribution in [1.29, 1.82) is 0 Å². The zero-order valence-electron chi connectivity index (χ0n) is 11.4. The van der Waals surface area contributed by atoms with Gasteiger partial charge in [0, 0.05) is 24.0 Å². The molecule has 0 aliphatic carbocycles. The zero-order chi connectivity index (χ0) is 14.2. The van der Waals surface area contributed by atoms with E-state index in [0.717, 1.165) is 28.0 Å². The van der Waals surface area contributed by atoms with Gasteiger partial charge in [0.05, 0.1) is 24.3 Å². The molecule has 0 unspecified atom stereocenters. The molecule has 21 heavy (non-hydrogen) atoms. The van der Waals surface area contributed by atoms with Gasteiger partial charge >= 0.3 is 0 Å². The van der Waals surface area contributed by atoms with Crippen LogP contribution in [-0.2, 0) is 0 Å². The zero-order valence-corrected chi connectivity index (χ0v) is 11.4. The summed E-state index contributed by atoms with van der Waals surface area (Å²) in [4.78, 5) is 8.52. The summed E-state index contributed by atoms with van der Waals surface area (Å²) in [7, 11) is 0. The first-order valence-electron chi connectivity index (χ1n) is 6.57. The summed E-state index contributed by atoms with van der Waals surface area (Å²) in [6.07, 6.45) is 11.0. The summed E-state index contributed by atoms with van der Waals surface area (Å²) in [6.45, 7) is 2.00. The molecule has 4 heterocycles. The van der Waals surface area contributed by atoms with Gasteiger partial charge in [0.1, 0.15) is 5.52 Å². The molecule has 0 fully saturated rings. The van der Waals surface area contributed by atoms with E-state index in [2.05, 4.69) is 20.2 Å². The maximum atomic E-state index is 4.51. The Kier molecular flexibility index (Phi) is 2.53. The molecule has 102 valence electrons. The second kappa shape index (κ2) is 4.52. The van der Waals surface area contributed by atoms with E-state index < -0.39 is 0 Å². The molecule has 0 radical (unpaired) electrons. The first-order valence-corrected chi connectivity index (χ1v) is 6.57. The minimum absolute atomic E-state index is 0.779. The Hall–Kier alpha value is -3.02. The second-order valence-electron chi connectivity index (χ2n) is 4.85. The first-order chi connectivity index (χ1) is 10.3. The van der Waals surface area contributed by atoms with Crippen LogP contribution in [0.5, 0.6) is 0 Å². The van der Waals surface area contributed by atoms with Crippen molar-refractivity contribution in [3.8, 4) is 11.5 Å².